The van der Waals surface area contributed by atoms with E-state index in [2.05, 4.69) is 25.7 Å². The minimum absolute atomic E-state index is 0.189. The molecule has 1 amide bonds. The van der Waals surface area contributed by atoms with Gasteiger partial charge in [-0.1, -0.05) is 45.6 Å². The molecule has 0 spiro atoms. The van der Waals surface area contributed by atoms with E-state index in [0.717, 1.165) is 12.8 Å². The molecular weight excluding hydrogens is 186 g/mol. The van der Waals surface area contributed by atoms with Crippen molar-refractivity contribution in [2.24, 2.45) is 5.92 Å². The molecule has 0 aromatic heterocycles. The third-order valence-corrected chi connectivity index (χ3v) is 2.69. The van der Waals surface area contributed by atoms with Crippen LogP contribution >= 0.6 is 0 Å². The Kier molecular flexibility index (Phi) is 9.24. The van der Waals surface area contributed by atoms with Crippen molar-refractivity contribution < 1.29 is 4.79 Å². The number of hydrogen-bond donors (Lipinski definition) is 1. The zero-order valence-electron chi connectivity index (χ0n) is 10.2. The summed E-state index contributed by atoms with van der Waals surface area (Å²) < 4.78 is 0. The first-order chi connectivity index (χ1) is 7.26. The highest BCUT2D eigenvalue weighted by Crippen LogP contribution is 2.14. The molecule has 15 heavy (non-hydrogen) atoms. The van der Waals surface area contributed by atoms with Gasteiger partial charge < -0.3 is 5.32 Å². The van der Waals surface area contributed by atoms with Gasteiger partial charge in [0.25, 0.3) is 0 Å². The minimum atomic E-state index is 0.189. The number of carbonyl (C=O) groups excluding carboxylic acids is 1. The maximum atomic E-state index is 11.6. The van der Waals surface area contributed by atoms with Crippen molar-refractivity contribution in [3.8, 4) is 0 Å². The number of carbonyl (C=O) groups is 1. The molecule has 0 radical (unpaired) electrons. The van der Waals surface area contributed by atoms with Crippen LogP contribution in [0.3, 0.4) is 0 Å². The Morgan fingerprint density at radius 1 is 1.33 bits per heavy atom. The third kappa shape index (κ3) is 7.18. The van der Waals surface area contributed by atoms with Crippen LogP contribution in [-0.4, -0.2) is 12.5 Å². The van der Waals surface area contributed by atoms with E-state index in [9.17, 15) is 4.79 Å². The molecule has 88 valence electrons. The normalized spacial score (nSPS) is 12.1. The van der Waals surface area contributed by atoms with Crippen LogP contribution in [0.5, 0.6) is 0 Å². The van der Waals surface area contributed by atoms with Gasteiger partial charge in [-0.2, -0.15) is 0 Å². The van der Waals surface area contributed by atoms with Crippen LogP contribution in [-0.2, 0) is 4.79 Å². The number of hydrogen-bond acceptors (Lipinski definition) is 1. The van der Waals surface area contributed by atoms with Crippen LogP contribution in [0.1, 0.15) is 52.4 Å². The van der Waals surface area contributed by atoms with E-state index < -0.39 is 0 Å². The van der Waals surface area contributed by atoms with Crippen LogP contribution in [0.25, 0.3) is 0 Å². The number of rotatable bonds is 9. The molecule has 1 N–H and O–H groups in total. The molecule has 0 aromatic rings. The van der Waals surface area contributed by atoms with E-state index in [-0.39, 0.29) is 11.8 Å². The fraction of sp³-hybridized carbons (Fsp3) is 0.769. The van der Waals surface area contributed by atoms with Crippen LogP contribution < -0.4 is 5.32 Å². The summed E-state index contributed by atoms with van der Waals surface area (Å²) >= 11 is 0. The molecule has 0 aliphatic rings. The quantitative estimate of drug-likeness (QED) is 0.460. The summed E-state index contributed by atoms with van der Waals surface area (Å²) in [6.45, 7) is 8.46. The first-order valence-electron chi connectivity index (χ1n) is 6.14. The van der Waals surface area contributed by atoms with Crippen molar-refractivity contribution in [3.05, 3.63) is 12.7 Å². The Morgan fingerprint density at radius 2 is 2.07 bits per heavy atom. The van der Waals surface area contributed by atoms with E-state index in [0.29, 0.717) is 6.54 Å². The molecule has 0 aliphatic carbocycles. The standard InChI is InChI=1S/C13H25NO/c1-4-7-8-9-10-12(6-3)13(15)14-11-5-2/h5,12H,2,4,6-11H2,1,3H3,(H,14,15). The molecular formula is C13H25NO. The van der Waals surface area contributed by atoms with Gasteiger partial charge >= 0.3 is 0 Å². The molecule has 2 heteroatoms. The molecule has 1 unspecified atom stereocenters. The average Bonchev–Trinajstić information content (AvgIpc) is 2.26. The van der Waals surface area contributed by atoms with Crippen LogP contribution in [0.15, 0.2) is 12.7 Å². The molecule has 0 fully saturated rings. The summed E-state index contributed by atoms with van der Waals surface area (Å²) in [7, 11) is 0. The summed E-state index contributed by atoms with van der Waals surface area (Å²) in [5, 5.41) is 2.87. The van der Waals surface area contributed by atoms with Gasteiger partial charge in [0.05, 0.1) is 0 Å². The lowest BCUT2D eigenvalue weighted by Crippen LogP contribution is -2.30. The highest BCUT2D eigenvalue weighted by atomic mass is 16.1. The van der Waals surface area contributed by atoms with Crippen molar-refractivity contribution in [1.82, 2.24) is 5.32 Å². The molecule has 0 heterocycles. The second kappa shape index (κ2) is 9.75. The fourth-order valence-electron chi connectivity index (χ4n) is 1.66. The third-order valence-electron chi connectivity index (χ3n) is 2.69. The van der Waals surface area contributed by atoms with Crippen LogP contribution in [0.2, 0.25) is 0 Å². The van der Waals surface area contributed by atoms with E-state index >= 15 is 0 Å². The molecule has 0 saturated carbocycles. The topological polar surface area (TPSA) is 29.1 Å². The molecule has 0 aliphatic heterocycles. The van der Waals surface area contributed by atoms with Gasteiger partial charge in [0.15, 0.2) is 0 Å². The lowest BCUT2D eigenvalue weighted by molar-refractivity contribution is -0.125. The van der Waals surface area contributed by atoms with Crippen molar-refractivity contribution in [1.29, 1.82) is 0 Å². The Morgan fingerprint density at radius 3 is 2.60 bits per heavy atom. The van der Waals surface area contributed by atoms with Gasteiger partial charge in [-0.3, -0.25) is 4.79 Å². The van der Waals surface area contributed by atoms with Crippen LogP contribution in [0.4, 0.5) is 0 Å². The first kappa shape index (κ1) is 14.2. The highest BCUT2D eigenvalue weighted by molar-refractivity contribution is 5.78. The van der Waals surface area contributed by atoms with Gasteiger partial charge in [-0.25, -0.2) is 0 Å². The lowest BCUT2D eigenvalue weighted by atomic mass is 9.97. The zero-order valence-corrected chi connectivity index (χ0v) is 10.2. The summed E-state index contributed by atoms with van der Waals surface area (Å²) in [4.78, 5) is 11.6. The summed E-state index contributed by atoms with van der Waals surface area (Å²) in [5.74, 6) is 0.385. The van der Waals surface area contributed by atoms with Crippen molar-refractivity contribution in [2.45, 2.75) is 52.4 Å². The molecule has 1 atom stereocenters. The average molecular weight is 211 g/mol. The van der Waals surface area contributed by atoms with E-state index in [1.165, 1.54) is 25.7 Å². The van der Waals surface area contributed by atoms with Gasteiger partial charge in [0.2, 0.25) is 5.91 Å². The maximum absolute atomic E-state index is 11.6. The van der Waals surface area contributed by atoms with Crippen molar-refractivity contribution in [2.75, 3.05) is 6.54 Å². The van der Waals surface area contributed by atoms with Crippen LogP contribution in [0, 0.1) is 5.92 Å². The van der Waals surface area contributed by atoms with E-state index in [4.69, 9.17) is 0 Å². The highest BCUT2D eigenvalue weighted by Gasteiger charge is 2.14. The van der Waals surface area contributed by atoms with Gasteiger partial charge in [0.1, 0.15) is 0 Å². The molecule has 2 nitrogen and oxygen atoms in total. The molecule has 0 aromatic carbocycles. The zero-order chi connectivity index (χ0) is 11.5. The number of nitrogens with one attached hydrogen (secondary N) is 1. The summed E-state index contributed by atoms with van der Waals surface area (Å²) in [5.41, 5.74) is 0. The smallest absolute Gasteiger partial charge is 0.223 e. The minimum Gasteiger partial charge on any atom is -0.352 e. The molecule has 0 bridgehead atoms. The monoisotopic (exact) mass is 211 g/mol. The number of unbranched alkanes of at least 4 members (excludes halogenated alkanes) is 3. The van der Waals surface area contributed by atoms with Gasteiger partial charge in [0, 0.05) is 12.5 Å². The maximum Gasteiger partial charge on any atom is 0.223 e. The van der Waals surface area contributed by atoms with E-state index in [1.54, 1.807) is 6.08 Å². The predicted molar refractivity (Wildman–Crippen MR) is 65.7 cm³/mol. The van der Waals surface area contributed by atoms with Crippen molar-refractivity contribution >= 4 is 5.91 Å². The second-order valence-electron chi connectivity index (χ2n) is 3.99. The fourth-order valence-corrected chi connectivity index (χ4v) is 1.66. The largest absolute Gasteiger partial charge is 0.352 e. The summed E-state index contributed by atoms with van der Waals surface area (Å²) in [6, 6.07) is 0. The first-order valence-corrected chi connectivity index (χ1v) is 6.14. The SMILES string of the molecule is C=CCNC(=O)C(CC)CCCCCC. The van der Waals surface area contributed by atoms with Gasteiger partial charge in [-0.15, -0.1) is 6.58 Å². The second-order valence-corrected chi connectivity index (χ2v) is 3.99. The van der Waals surface area contributed by atoms with Crippen molar-refractivity contribution in [3.63, 3.8) is 0 Å². The molecule has 0 saturated heterocycles. The molecule has 0 rings (SSSR count). The van der Waals surface area contributed by atoms with Gasteiger partial charge in [-0.05, 0) is 12.8 Å². The Bertz CT molecular complexity index is 177. The lowest BCUT2D eigenvalue weighted by Gasteiger charge is -2.13. The Hall–Kier alpha value is -0.790. The Balaban J connectivity index is 3.69. The summed E-state index contributed by atoms with van der Waals surface area (Å²) in [6.07, 6.45) is 8.65. The van der Waals surface area contributed by atoms with E-state index in [1.807, 2.05) is 0 Å². The number of amides is 1. The Labute approximate surface area is 94.1 Å². The predicted octanol–water partition coefficient (Wildman–Crippen LogP) is 3.29.